The normalized spacial score (nSPS) is 56.3. The van der Waals surface area contributed by atoms with Gasteiger partial charge in [0.1, 0.15) is 0 Å². The molecule has 2 fully saturated rings. The van der Waals surface area contributed by atoms with Crippen molar-refractivity contribution in [2.45, 2.75) is 43.6 Å². The fourth-order valence-electron chi connectivity index (χ4n) is 2.63. The Morgan fingerprint density at radius 1 is 1.00 bits per heavy atom. The van der Waals surface area contributed by atoms with Crippen LogP contribution in [0.2, 0.25) is 0 Å². The zero-order valence-electron chi connectivity index (χ0n) is 7.63. The number of aliphatic hydroxyl groups is 2. The van der Waals surface area contributed by atoms with E-state index in [-0.39, 0.29) is 18.0 Å². The molecule has 2 rings (SSSR count). The summed E-state index contributed by atoms with van der Waals surface area (Å²) in [7, 11) is 0. The average molecular weight is 186 g/mol. The first kappa shape index (κ1) is 9.40. The molecule has 0 aliphatic heterocycles. The highest BCUT2D eigenvalue weighted by molar-refractivity contribution is 5.01. The highest BCUT2D eigenvalue weighted by Gasteiger charge is 2.46. The Bertz CT molecular complexity index is 180. The molecule has 76 valence electrons. The fraction of sp³-hybridized carbons (Fsp3) is 1.00. The molecule has 2 unspecified atom stereocenters. The highest BCUT2D eigenvalue weighted by atomic mass is 16.3. The van der Waals surface area contributed by atoms with Gasteiger partial charge >= 0.3 is 0 Å². The van der Waals surface area contributed by atoms with Gasteiger partial charge < -0.3 is 21.7 Å². The van der Waals surface area contributed by atoms with Gasteiger partial charge in [-0.2, -0.15) is 0 Å². The first-order valence-corrected chi connectivity index (χ1v) is 4.98. The summed E-state index contributed by atoms with van der Waals surface area (Å²) in [5.74, 6) is 0.501. The van der Waals surface area contributed by atoms with Crippen molar-refractivity contribution in [2.24, 2.45) is 23.3 Å². The van der Waals surface area contributed by atoms with E-state index in [9.17, 15) is 10.2 Å². The van der Waals surface area contributed by atoms with Gasteiger partial charge in [-0.1, -0.05) is 0 Å². The predicted octanol–water partition coefficient (Wildman–Crippen LogP) is -1.21. The lowest BCUT2D eigenvalue weighted by molar-refractivity contribution is -0.0564. The molecular formula is C9H18N2O2. The van der Waals surface area contributed by atoms with Crippen molar-refractivity contribution < 1.29 is 10.2 Å². The van der Waals surface area contributed by atoms with Crippen molar-refractivity contribution in [1.82, 2.24) is 0 Å². The molecule has 4 nitrogen and oxygen atoms in total. The van der Waals surface area contributed by atoms with Gasteiger partial charge in [0, 0.05) is 12.1 Å². The van der Waals surface area contributed by atoms with E-state index in [1.54, 1.807) is 0 Å². The van der Waals surface area contributed by atoms with Gasteiger partial charge in [-0.3, -0.25) is 0 Å². The molecule has 0 amide bonds. The maximum atomic E-state index is 9.72. The summed E-state index contributed by atoms with van der Waals surface area (Å²) in [4.78, 5) is 0. The van der Waals surface area contributed by atoms with E-state index in [1.165, 1.54) is 0 Å². The number of aliphatic hydroxyl groups excluding tert-OH is 2. The minimum Gasteiger partial charge on any atom is -0.390 e. The minimum absolute atomic E-state index is 0.0504. The van der Waals surface area contributed by atoms with Crippen LogP contribution in [0.5, 0.6) is 0 Å². The second-order valence-electron chi connectivity index (χ2n) is 4.44. The molecule has 0 heterocycles. The van der Waals surface area contributed by atoms with E-state index >= 15 is 0 Å². The average Bonchev–Trinajstić information content (AvgIpc) is 2.04. The van der Waals surface area contributed by atoms with E-state index in [2.05, 4.69) is 0 Å². The van der Waals surface area contributed by atoms with Crippen molar-refractivity contribution in [3.8, 4) is 0 Å². The van der Waals surface area contributed by atoms with Gasteiger partial charge in [-0.15, -0.1) is 0 Å². The fourth-order valence-corrected chi connectivity index (χ4v) is 2.63. The van der Waals surface area contributed by atoms with Crippen molar-refractivity contribution in [3.05, 3.63) is 0 Å². The van der Waals surface area contributed by atoms with Crippen LogP contribution in [0.25, 0.3) is 0 Å². The minimum atomic E-state index is -0.684. The zero-order valence-corrected chi connectivity index (χ0v) is 7.63. The quantitative estimate of drug-likeness (QED) is 0.382. The van der Waals surface area contributed by atoms with E-state index in [1.807, 2.05) is 0 Å². The summed E-state index contributed by atoms with van der Waals surface area (Å²) in [6, 6.07) is -0.217. The predicted molar refractivity (Wildman–Crippen MR) is 48.8 cm³/mol. The van der Waals surface area contributed by atoms with Crippen LogP contribution in [-0.2, 0) is 0 Å². The second kappa shape index (κ2) is 3.20. The second-order valence-corrected chi connectivity index (χ2v) is 4.44. The monoisotopic (exact) mass is 186 g/mol. The van der Waals surface area contributed by atoms with Crippen molar-refractivity contribution in [2.75, 3.05) is 0 Å². The Morgan fingerprint density at radius 2 is 1.62 bits per heavy atom. The Balaban J connectivity index is 2.14. The smallest absolute Gasteiger partial charge is 0.0831 e. The maximum Gasteiger partial charge on any atom is 0.0831 e. The van der Waals surface area contributed by atoms with E-state index in [0.29, 0.717) is 12.3 Å². The van der Waals surface area contributed by atoms with E-state index in [0.717, 1.165) is 12.8 Å². The molecule has 2 saturated carbocycles. The lowest BCUT2D eigenvalue weighted by Crippen LogP contribution is -2.51. The molecule has 6 N–H and O–H groups in total. The van der Waals surface area contributed by atoms with Gasteiger partial charge in [0.05, 0.1) is 12.2 Å². The highest BCUT2D eigenvalue weighted by Crippen LogP contribution is 2.42. The molecule has 0 bridgehead atoms. The van der Waals surface area contributed by atoms with Crippen molar-refractivity contribution >= 4 is 0 Å². The van der Waals surface area contributed by atoms with Crippen LogP contribution in [0.4, 0.5) is 0 Å². The molecule has 13 heavy (non-hydrogen) atoms. The van der Waals surface area contributed by atoms with E-state index in [4.69, 9.17) is 11.5 Å². The number of nitrogens with two attached hydrogens (primary N) is 2. The summed E-state index contributed by atoms with van der Waals surface area (Å²) in [6.45, 7) is 0. The summed E-state index contributed by atoms with van der Waals surface area (Å²) in [5, 5.41) is 19.3. The lowest BCUT2D eigenvalue weighted by Gasteiger charge is -2.42. The van der Waals surface area contributed by atoms with Crippen LogP contribution in [0.3, 0.4) is 0 Å². The first-order chi connectivity index (χ1) is 6.11. The lowest BCUT2D eigenvalue weighted by atomic mass is 9.67. The molecule has 0 aromatic carbocycles. The van der Waals surface area contributed by atoms with Crippen molar-refractivity contribution in [1.29, 1.82) is 0 Å². The Labute approximate surface area is 77.9 Å². The Kier molecular flexibility index (Phi) is 2.32. The molecule has 0 aromatic heterocycles. The van der Waals surface area contributed by atoms with Crippen LogP contribution in [-0.4, -0.2) is 34.5 Å². The third-order valence-electron chi connectivity index (χ3n) is 3.72. The van der Waals surface area contributed by atoms with Crippen LogP contribution >= 0.6 is 0 Å². The topological polar surface area (TPSA) is 92.5 Å². The molecular weight excluding hydrogens is 168 g/mol. The third-order valence-corrected chi connectivity index (χ3v) is 3.72. The summed E-state index contributed by atoms with van der Waals surface area (Å²) in [6.07, 6.45) is 1.15. The molecule has 2 aliphatic carbocycles. The van der Waals surface area contributed by atoms with Gasteiger partial charge in [-0.05, 0) is 31.1 Å². The van der Waals surface area contributed by atoms with Crippen molar-refractivity contribution in [3.63, 3.8) is 0 Å². The van der Waals surface area contributed by atoms with Crippen LogP contribution < -0.4 is 11.5 Å². The molecule has 0 aromatic rings. The number of fused-ring (bicyclic) bond motifs is 1. The van der Waals surface area contributed by atoms with Gasteiger partial charge in [0.15, 0.2) is 0 Å². The molecule has 4 heteroatoms. The largest absolute Gasteiger partial charge is 0.390 e. The molecule has 2 aliphatic rings. The third kappa shape index (κ3) is 1.38. The number of rotatable bonds is 0. The standard InChI is InChI=1S/C9H18N2O2/c10-6-3-7(12)9(13)5-2-1-4(5)8(6)11/h4-9,12-13H,1-3,10-11H2/t4?,5?,6-,7-,8-,9-/m0/s1. The van der Waals surface area contributed by atoms with Gasteiger partial charge in [0.2, 0.25) is 0 Å². The Morgan fingerprint density at radius 3 is 2.15 bits per heavy atom. The zero-order chi connectivity index (χ0) is 9.59. The molecule has 0 saturated heterocycles. The first-order valence-electron chi connectivity index (χ1n) is 4.98. The van der Waals surface area contributed by atoms with Crippen LogP contribution in [0, 0.1) is 11.8 Å². The molecule has 0 spiro atoms. The SMILES string of the molecule is N[C@H]1C[C@H](O)[C@@H](O)C2CCC2[C@@H]1N. The van der Waals surface area contributed by atoms with Gasteiger partial charge in [0.25, 0.3) is 0 Å². The molecule has 6 atom stereocenters. The van der Waals surface area contributed by atoms with E-state index < -0.39 is 12.2 Å². The Hall–Kier alpha value is -0.160. The summed E-state index contributed by atoms with van der Waals surface area (Å²) in [5.41, 5.74) is 11.8. The van der Waals surface area contributed by atoms with Gasteiger partial charge in [-0.25, -0.2) is 0 Å². The number of hydrogen-bond donors (Lipinski definition) is 4. The summed E-state index contributed by atoms with van der Waals surface area (Å²) < 4.78 is 0. The van der Waals surface area contributed by atoms with Crippen LogP contribution in [0.1, 0.15) is 19.3 Å². The van der Waals surface area contributed by atoms with Crippen LogP contribution in [0.15, 0.2) is 0 Å². The number of hydrogen-bond acceptors (Lipinski definition) is 4. The molecule has 0 radical (unpaired) electrons. The summed E-state index contributed by atoms with van der Waals surface area (Å²) >= 11 is 0. The maximum absolute atomic E-state index is 9.72.